The van der Waals surface area contributed by atoms with E-state index in [0.29, 0.717) is 17.5 Å². The van der Waals surface area contributed by atoms with Crippen LogP contribution in [0.2, 0.25) is 0 Å². The highest BCUT2D eigenvalue weighted by atomic mass is 15.3. The van der Waals surface area contributed by atoms with Gasteiger partial charge in [-0.3, -0.25) is 4.68 Å². The Morgan fingerprint density at radius 2 is 1.85 bits per heavy atom. The highest BCUT2D eigenvalue weighted by Crippen LogP contribution is 2.23. The van der Waals surface area contributed by atoms with E-state index in [1.165, 1.54) is 12.1 Å². The average molecular weight is 279 g/mol. The van der Waals surface area contributed by atoms with Crippen LogP contribution in [0.4, 0.5) is 0 Å². The first kappa shape index (κ1) is 17.2. The summed E-state index contributed by atoms with van der Waals surface area (Å²) in [7, 11) is 0. The van der Waals surface area contributed by atoms with Crippen LogP contribution < -0.4 is 5.32 Å². The van der Waals surface area contributed by atoms with Gasteiger partial charge in [-0.15, -0.1) is 0 Å². The minimum absolute atomic E-state index is 0.352. The van der Waals surface area contributed by atoms with Gasteiger partial charge < -0.3 is 5.32 Å². The van der Waals surface area contributed by atoms with Gasteiger partial charge in [0.05, 0.1) is 11.7 Å². The van der Waals surface area contributed by atoms with Crippen molar-refractivity contribution < 1.29 is 0 Å². The Morgan fingerprint density at radius 3 is 2.35 bits per heavy atom. The van der Waals surface area contributed by atoms with Crippen molar-refractivity contribution >= 4 is 0 Å². The van der Waals surface area contributed by atoms with Gasteiger partial charge >= 0.3 is 0 Å². The number of likely N-dealkylation sites (N-methyl/N-ethyl adjacent to an activating group) is 1. The Balaban J connectivity index is 2.69. The molecular formula is C17H33N3. The van der Waals surface area contributed by atoms with Gasteiger partial charge in [0.25, 0.3) is 0 Å². The van der Waals surface area contributed by atoms with Crippen LogP contribution in [0.5, 0.6) is 0 Å². The number of hydrogen-bond acceptors (Lipinski definition) is 2. The molecule has 0 radical (unpaired) electrons. The molecule has 1 N–H and O–H groups in total. The maximum atomic E-state index is 4.78. The summed E-state index contributed by atoms with van der Waals surface area (Å²) in [5.41, 5.74) is 1.57. The highest BCUT2D eigenvalue weighted by molar-refractivity contribution is 5.03. The van der Waals surface area contributed by atoms with Crippen LogP contribution in [0.1, 0.15) is 72.5 Å². The molecule has 1 heterocycles. The standard InChI is InChI=1S/C17H33N3/c1-7-16(8-2)20-11-10-14(19-20)12-15(18-9-3)13-17(4,5)6/h10-11,15-16,18H,7-9,12-13H2,1-6H3. The van der Waals surface area contributed by atoms with Crippen molar-refractivity contribution in [3.05, 3.63) is 18.0 Å². The molecule has 1 rings (SSSR count). The molecule has 1 unspecified atom stereocenters. The van der Waals surface area contributed by atoms with E-state index in [-0.39, 0.29) is 0 Å². The maximum Gasteiger partial charge on any atom is 0.0640 e. The smallest absolute Gasteiger partial charge is 0.0640 e. The van der Waals surface area contributed by atoms with E-state index in [0.717, 1.165) is 25.8 Å². The lowest BCUT2D eigenvalue weighted by molar-refractivity contribution is 0.307. The summed E-state index contributed by atoms with van der Waals surface area (Å²) in [6.07, 6.45) is 6.65. The fourth-order valence-electron chi connectivity index (χ4n) is 2.85. The fraction of sp³-hybridized carbons (Fsp3) is 0.824. The van der Waals surface area contributed by atoms with Crippen molar-refractivity contribution in [1.29, 1.82) is 0 Å². The fourth-order valence-corrected chi connectivity index (χ4v) is 2.85. The van der Waals surface area contributed by atoms with Crippen LogP contribution in [0.15, 0.2) is 12.3 Å². The number of aromatic nitrogens is 2. The Morgan fingerprint density at radius 1 is 1.20 bits per heavy atom. The van der Waals surface area contributed by atoms with Gasteiger partial charge in [0.2, 0.25) is 0 Å². The highest BCUT2D eigenvalue weighted by Gasteiger charge is 2.19. The first-order chi connectivity index (χ1) is 9.39. The first-order valence-electron chi connectivity index (χ1n) is 8.17. The molecule has 0 amide bonds. The van der Waals surface area contributed by atoms with Crippen LogP contribution in [0, 0.1) is 5.41 Å². The number of nitrogens with one attached hydrogen (secondary N) is 1. The third kappa shape index (κ3) is 5.66. The van der Waals surface area contributed by atoms with E-state index in [4.69, 9.17) is 5.10 Å². The first-order valence-corrected chi connectivity index (χ1v) is 8.17. The van der Waals surface area contributed by atoms with E-state index in [1.54, 1.807) is 0 Å². The van der Waals surface area contributed by atoms with Crippen molar-refractivity contribution in [2.24, 2.45) is 5.41 Å². The molecule has 1 atom stereocenters. The van der Waals surface area contributed by atoms with Crippen molar-refractivity contribution in [1.82, 2.24) is 15.1 Å². The van der Waals surface area contributed by atoms with Crippen LogP contribution in [-0.2, 0) is 6.42 Å². The van der Waals surface area contributed by atoms with Gasteiger partial charge in [0.1, 0.15) is 0 Å². The molecule has 0 fully saturated rings. The SMILES string of the molecule is CCNC(Cc1ccn(C(CC)CC)n1)CC(C)(C)C. The molecule has 0 saturated carbocycles. The summed E-state index contributed by atoms with van der Waals surface area (Å²) in [4.78, 5) is 0. The van der Waals surface area contributed by atoms with Crippen LogP contribution >= 0.6 is 0 Å². The predicted molar refractivity (Wildman–Crippen MR) is 87.1 cm³/mol. The minimum Gasteiger partial charge on any atom is -0.314 e. The molecule has 3 nitrogen and oxygen atoms in total. The third-order valence-electron chi connectivity index (χ3n) is 3.79. The minimum atomic E-state index is 0.352. The quantitative estimate of drug-likeness (QED) is 0.773. The molecule has 0 aliphatic rings. The molecule has 0 aliphatic carbocycles. The zero-order valence-electron chi connectivity index (χ0n) is 14.2. The summed E-state index contributed by atoms with van der Waals surface area (Å²) >= 11 is 0. The molecule has 0 aliphatic heterocycles. The Kier molecular flexibility index (Phi) is 6.74. The second-order valence-electron chi connectivity index (χ2n) is 6.98. The normalized spacial score (nSPS) is 13.9. The van der Waals surface area contributed by atoms with Gasteiger partial charge in [-0.05, 0) is 37.3 Å². The van der Waals surface area contributed by atoms with E-state index in [9.17, 15) is 0 Å². The monoisotopic (exact) mass is 279 g/mol. The number of hydrogen-bond donors (Lipinski definition) is 1. The molecule has 1 aromatic rings. The van der Waals surface area contributed by atoms with Crippen LogP contribution in [0.3, 0.4) is 0 Å². The lowest BCUT2D eigenvalue weighted by Crippen LogP contribution is -2.34. The van der Waals surface area contributed by atoms with Gasteiger partial charge in [0.15, 0.2) is 0 Å². The molecular weight excluding hydrogens is 246 g/mol. The van der Waals surface area contributed by atoms with E-state index in [2.05, 4.69) is 63.8 Å². The zero-order valence-corrected chi connectivity index (χ0v) is 14.2. The summed E-state index contributed by atoms with van der Waals surface area (Å²) in [6.45, 7) is 14.6. The topological polar surface area (TPSA) is 29.9 Å². The van der Waals surface area contributed by atoms with Gasteiger partial charge in [-0.1, -0.05) is 41.5 Å². The maximum absolute atomic E-state index is 4.78. The largest absolute Gasteiger partial charge is 0.314 e. The molecule has 1 aromatic heterocycles. The van der Waals surface area contributed by atoms with Crippen molar-refractivity contribution in [3.63, 3.8) is 0 Å². The van der Waals surface area contributed by atoms with Crippen LogP contribution in [0.25, 0.3) is 0 Å². The van der Waals surface area contributed by atoms with Crippen molar-refractivity contribution in [3.8, 4) is 0 Å². The Labute approximate surface area is 125 Å². The molecule has 20 heavy (non-hydrogen) atoms. The Hall–Kier alpha value is -0.830. The van der Waals surface area contributed by atoms with Crippen molar-refractivity contribution in [2.45, 2.75) is 79.3 Å². The molecule has 116 valence electrons. The molecule has 3 heteroatoms. The summed E-state index contributed by atoms with van der Waals surface area (Å²) in [5, 5.41) is 8.39. The summed E-state index contributed by atoms with van der Waals surface area (Å²) < 4.78 is 2.15. The van der Waals surface area contributed by atoms with Gasteiger partial charge in [0, 0.05) is 18.7 Å². The van der Waals surface area contributed by atoms with E-state index < -0.39 is 0 Å². The van der Waals surface area contributed by atoms with Gasteiger partial charge in [-0.25, -0.2) is 0 Å². The molecule has 0 spiro atoms. The summed E-state index contributed by atoms with van der Waals surface area (Å²) in [6, 6.07) is 3.25. The average Bonchev–Trinajstić information content (AvgIpc) is 2.77. The van der Waals surface area contributed by atoms with Crippen molar-refractivity contribution in [2.75, 3.05) is 6.54 Å². The van der Waals surface area contributed by atoms with Gasteiger partial charge in [-0.2, -0.15) is 5.10 Å². The lowest BCUT2D eigenvalue weighted by atomic mass is 9.86. The third-order valence-corrected chi connectivity index (χ3v) is 3.79. The second kappa shape index (κ2) is 7.82. The molecule has 0 bridgehead atoms. The number of rotatable bonds is 8. The summed E-state index contributed by atoms with van der Waals surface area (Å²) in [5.74, 6) is 0. The Bertz CT molecular complexity index is 372. The second-order valence-corrected chi connectivity index (χ2v) is 6.98. The lowest BCUT2D eigenvalue weighted by Gasteiger charge is -2.26. The predicted octanol–water partition coefficient (Wildman–Crippen LogP) is 4.20. The van der Waals surface area contributed by atoms with E-state index in [1.807, 2.05) is 0 Å². The number of nitrogens with zero attached hydrogens (tertiary/aromatic N) is 2. The van der Waals surface area contributed by atoms with Crippen LogP contribution in [-0.4, -0.2) is 22.4 Å². The zero-order chi connectivity index (χ0) is 15.2. The van der Waals surface area contributed by atoms with E-state index >= 15 is 0 Å². The molecule has 0 aromatic carbocycles. The molecule has 0 saturated heterocycles.